The van der Waals surface area contributed by atoms with E-state index in [4.69, 9.17) is 11.6 Å². The summed E-state index contributed by atoms with van der Waals surface area (Å²) in [4.78, 5) is 29.5. The van der Waals surface area contributed by atoms with Gasteiger partial charge in [0.05, 0.1) is 10.7 Å². The predicted molar refractivity (Wildman–Crippen MR) is 122 cm³/mol. The van der Waals surface area contributed by atoms with E-state index in [0.29, 0.717) is 28.8 Å². The van der Waals surface area contributed by atoms with Gasteiger partial charge in [0.25, 0.3) is 0 Å². The van der Waals surface area contributed by atoms with Crippen LogP contribution in [0.4, 0.5) is 14.5 Å². The maximum Gasteiger partial charge on any atom is 0.226 e. The number of hydrogen-bond donors (Lipinski definition) is 0. The first-order valence-corrected chi connectivity index (χ1v) is 10.6. The van der Waals surface area contributed by atoms with Crippen molar-refractivity contribution in [3.8, 4) is 11.1 Å². The molecule has 0 atom stereocenters. The standard InChI is InChI=1S/C25H23ClF2N2O2/c1-4-25(32)30(3)22-10-6-18(14-21(22)27)17-5-9-19(20(26)13-17)23(31)11-7-16-8-12-24(28)29-15(16)2/h5-6,8-10,12-14H,4,7,11H2,1-3H3. The molecule has 7 heteroatoms. The van der Waals surface area contributed by atoms with Crippen LogP contribution in [0.3, 0.4) is 0 Å². The highest BCUT2D eigenvalue weighted by Gasteiger charge is 2.16. The fourth-order valence-electron chi connectivity index (χ4n) is 3.46. The lowest BCUT2D eigenvalue weighted by molar-refractivity contribution is -0.118. The molecule has 1 aromatic heterocycles. The molecule has 0 N–H and O–H groups in total. The highest BCUT2D eigenvalue weighted by molar-refractivity contribution is 6.34. The first-order chi connectivity index (χ1) is 15.2. The van der Waals surface area contributed by atoms with Crippen LogP contribution in [0.15, 0.2) is 48.5 Å². The molecule has 32 heavy (non-hydrogen) atoms. The van der Waals surface area contributed by atoms with E-state index in [1.165, 1.54) is 24.1 Å². The van der Waals surface area contributed by atoms with Crippen molar-refractivity contribution >= 4 is 29.0 Å². The minimum Gasteiger partial charge on any atom is -0.313 e. The van der Waals surface area contributed by atoms with Crippen LogP contribution < -0.4 is 4.90 Å². The van der Waals surface area contributed by atoms with Crippen LogP contribution >= 0.6 is 11.6 Å². The van der Waals surface area contributed by atoms with Gasteiger partial charge in [-0.3, -0.25) is 9.59 Å². The van der Waals surface area contributed by atoms with Crippen LogP contribution in [0.25, 0.3) is 11.1 Å². The van der Waals surface area contributed by atoms with E-state index in [2.05, 4.69) is 4.98 Å². The normalized spacial score (nSPS) is 10.8. The van der Waals surface area contributed by atoms with E-state index < -0.39 is 11.8 Å². The second-order valence-corrected chi connectivity index (χ2v) is 7.88. The molecule has 0 bridgehead atoms. The molecule has 0 radical (unpaired) electrons. The molecular weight excluding hydrogens is 434 g/mol. The maximum absolute atomic E-state index is 14.6. The van der Waals surface area contributed by atoms with Crippen molar-refractivity contribution in [2.45, 2.75) is 33.1 Å². The molecule has 1 amide bonds. The number of nitrogens with zero attached hydrogens (tertiary/aromatic N) is 2. The molecule has 0 saturated carbocycles. The van der Waals surface area contributed by atoms with Crippen LogP contribution in [0.5, 0.6) is 0 Å². The predicted octanol–water partition coefficient (Wildman–Crippen LogP) is 6.18. The molecule has 0 unspecified atom stereocenters. The smallest absolute Gasteiger partial charge is 0.226 e. The maximum atomic E-state index is 14.6. The summed E-state index contributed by atoms with van der Waals surface area (Å²) >= 11 is 6.36. The highest BCUT2D eigenvalue weighted by Crippen LogP contribution is 2.30. The third-order valence-corrected chi connectivity index (χ3v) is 5.68. The molecular formula is C25H23ClF2N2O2. The number of benzene rings is 2. The van der Waals surface area contributed by atoms with Gasteiger partial charge in [0, 0.05) is 31.1 Å². The Morgan fingerprint density at radius 2 is 1.72 bits per heavy atom. The molecule has 3 rings (SSSR count). The first-order valence-electron chi connectivity index (χ1n) is 10.2. The molecule has 1 heterocycles. The van der Waals surface area contributed by atoms with Gasteiger partial charge in [-0.1, -0.05) is 36.7 Å². The van der Waals surface area contributed by atoms with E-state index in [9.17, 15) is 18.4 Å². The van der Waals surface area contributed by atoms with Crippen molar-refractivity contribution in [1.82, 2.24) is 4.98 Å². The largest absolute Gasteiger partial charge is 0.313 e. The summed E-state index contributed by atoms with van der Waals surface area (Å²) in [5.41, 5.74) is 3.15. The van der Waals surface area contributed by atoms with E-state index in [0.717, 1.165) is 5.56 Å². The summed E-state index contributed by atoms with van der Waals surface area (Å²) in [5, 5.41) is 0.268. The van der Waals surface area contributed by atoms with Crippen molar-refractivity contribution in [1.29, 1.82) is 0 Å². The van der Waals surface area contributed by atoms with Crippen LogP contribution in [0.2, 0.25) is 5.02 Å². The second kappa shape index (κ2) is 10.0. The monoisotopic (exact) mass is 456 g/mol. The Morgan fingerprint density at radius 3 is 2.34 bits per heavy atom. The van der Waals surface area contributed by atoms with Gasteiger partial charge in [-0.15, -0.1) is 0 Å². The molecule has 0 aliphatic heterocycles. The molecule has 3 aromatic rings. The van der Waals surface area contributed by atoms with Crippen molar-refractivity contribution in [3.05, 3.63) is 82.1 Å². The van der Waals surface area contributed by atoms with Gasteiger partial charge >= 0.3 is 0 Å². The van der Waals surface area contributed by atoms with E-state index in [1.54, 1.807) is 50.2 Å². The topological polar surface area (TPSA) is 50.3 Å². The Balaban J connectivity index is 1.76. The van der Waals surface area contributed by atoms with E-state index in [-0.39, 0.29) is 35.2 Å². The van der Waals surface area contributed by atoms with Crippen molar-refractivity contribution < 1.29 is 18.4 Å². The number of aromatic nitrogens is 1. The second-order valence-electron chi connectivity index (χ2n) is 7.47. The average Bonchev–Trinajstić information content (AvgIpc) is 2.77. The Kier molecular flexibility index (Phi) is 7.36. The lowest BCUT2D eigenvalue weighted by Gasteiger charge is -2.18. The quantitative estimate of drug-likeness (QED) is 0.315. The van der Waals surface area contributed by atoms with Gasteiger partial charge in [0.1, 0.15) is 5.82 Å². The average molecular weight is 457 g/mol. The molecule has 0 aliphatic carbocycles. The fourth-order valence-corrected chi connectivity index (χ4v) is 3.74. The van der Waals surface area contributed by atoms with Crippen LogP contribution in [-0.4, -0.2) is 23.7 Å². The van der Waals surface area contributed by atoms with Gasteiger partial charge < -0.3 is 4.90 Å². The molecule has 0 spiro atoms. The Hall–Kier alpha value is -3.12. The number of ketones is 1. The van der Waals surface area contributed by atoms with E-state index >= 15 is 0 Å². The zero-order valence-electron chi connectivity index (χ0n) is 18.1. The summed E-state index contributed by atoms with van der Waals surface area (Å²) in [6.07, 6.45) is 0.904. The minimum atomic E-state index is -0.552. The fraction of sp³-hybridized carbons (Fsp3) is 0.240. The highest BCUT2D eigenvalue weighted by atomic mass is 35.5. The number of amides is 1. The number of carbonyl (C=O) groups is 2. The molecule has 0 saturated heterocycles. The Labute approximate surface area is 190 Å². The molecule has 2 aromatic carbocycles. The lowest BCUT2D eigenvalue weighted by atomic mass is 9.98. The molecule has 4 nitrogen and oxygen atoms in total. The van der Waals surface area contributed by atoms with E-state index in [1.807, 2.05) is 0 Å². The number of aryl methyl sites for hydroxylation is 2. The SMILES string of the molecule is CCC(=O)N(C)c1ccc(-c2ccc(C(=O)CCc3ccc(F)nc3C)c(Cl)c2)cc1F. The van der Waals surface area contributed by atoms with Gasteiger partial charge in [-0.25, -0.2) is 9.37 Å². The number of Topliss-reactive ketones (excluding diaryl/α,β-unsaturated/α-hetero) is 1. The molecule has 166 valence electrons. The summed E-state index contributed by atoms with van der Waals surface area (Å²) in [7, 11) is 1.53. The van der Waals surface area contributed by atoms with Gasteiger partial charge in [-0.2, -0.15) is 4.39 Å². The molecule has 0 fully saturated rings. The van der Waals surface area contributed by atoms with Gasteiger partial charge in [0.15, 0.2) is 5.78 Å². The van der Waals surface area contributed by atoms with Gasteiger partial charge in [0.2, 0.25) is 11.9 Å². The number of hydrogen-bond acceptors (Lipinski definition) is 3. The summed E-state index contributed by atoms with van der Waals surface area (Å²) < 4.78 is 27.7. The van der Waals surface area contributed by atoms with Crippen molar-refractivity contribution in [2.24, 2.45) is 0 Å². The third kappa shape index (κ3) is 5.19. The van der Waals surface area contributed by atoms with Gasteiger partial charge in [-0.05, 0) is 60.4 Å². The summed E-state index contributed by atoms with van der Waals surface area (Å²) in [6.45, 7) is 3.42. The number of pyridine rings is 1. The minimum absolute atomic E-state index is 0.147. The number of carbonyl (C=O) groups excluding carboxylic acids is 2. The summed E-state index contributed by atoms with van der Waals surface area (Å²) in [6, 6.07) is 12.4. The zero-order chi connectivity index (χ0) is 23.4. The lowest BCUT2D eigenvalue weighted by Crippen LogP contribution is -2.25. The molecule has 0 aliphatic rings. The Morgan fingerprint density at radius 1 is 1.03 bits per heavy atom. The van der Waals surface area contributed by atoms with Crippen LogP contribution in [-0.2, 0) is 11.2 Å². The summed E-state index contributed by atoms with van der Waals surface area (Å²) in [5.74, 6) is -1.41. The number of anilines is 1. The van der Waals surface area contributed by atoms with Crippen LogP contribution in [0.1, 0.15) is 41.4 Å². The zero-order valence-corrected chi connectivity index (χ0v) is 18.8. The van der Waals surface area contributed by atoms with Crippen molar-refractivity contribution in [3.63, 3.8) is 0 Å². The Bertz CT molecular complexity index is 1180. The van der Waals surface area contributed by atoms with Crippen LogP contribution in [0, 0.1) is 18.7 Å². The first kappa shape index (κ1) is 23.5. The van der Waals surface area contributed by atoms with Crippen molar-refractivity contribution in [2.75, 3.05) is 11.9 Å². The number of rotatable bonds is 7. The third-order valence-electron chi connectivity index (χ3n) is 5.37. The number of halogens is 3.